The van der Waals surface area contributed by atoms with Crippen LogP contribution in [0.4, 0.5) is 0 Å². The fraction of sp³-hybridized carbons (Fsp3) is 0.769. The fourth-order valence-corrected chi connectivity index (χ4v) is 1.82. The van der Waals surface area contributed by atoms with Gasteiger partial charge in [-0.15, -0.1) is 0 Å². The molecule has 116 valence electrons. The summed E-state index contributed by atoms with van der Waals surface area (Å²) in [5, 5.41) is 19.2. The van der Waals surface area contributed by atoms with Crippen molar-refractivity contribution in [1.82, 2.24) is 0 Å². The molecule has 1 N–H and O–H groups in total. The van der Waals surface area contributed by atoms with E-state index < -0.39 is 29.9 Å². The number of aliphatic carboxylic acids is 2. The Morgan fingerprint density at radius 2 is 1.70 bits per heavy atom. The van der Waals surface area contributed by atoms with E-state index in [2.05, 4.69) is 0 Å². The minimum absolute atomic E-state index is 0.0682. The van der Waals surface area contributed by atoms with Crippen LogP contribution in [-0.4, -0.2) is 61.3 Å². The number of hydrogen-bond donors (Lipinski definition) is 1. The molecule has 0 aromatic heterocycles. The zero-order valence-electron chi connectivity index (χ0n) is 12.4. The first-order chi connectivity index (χ1) is 8.99. The minimum Gasteiger partial charge on any atom is -0.550 e. The molecule has 0 saturated heterocycles. The van der Waals surface area contributed by atoms with Crippen LogP contribution >= 0.6 is 0 Å². The largest absolute Gasteiger partial charge is 0.550 e. The Labute approximate surface area is 118 Å². The number of rotatable bonds is 9. The number of esters is 1. The van der Waals surface area contributed by atoms with Gasteiger partial charge in [-0.2, -0.15) is 0 Å². The maximum atomic E-state index is 11.7. The summed E-state index contributed by atoms with van der Waals surface area (Å²) in [5.74, 6) is -3.25. The van der Waals surface area contributed by atoms with Crippen LogP contribution < -0.4 is 5.11 Å². The van der Waals surface area contributed by atoms with Gasteiger partial charge in [0.15, 0.2) is 6.10 Å². The van der Waals surface area contributed by atoms with E-state index in [9.17, 15) is 19.5 Å². The van der Waals surface area contributed by atoms with Crippen molar-refractivity contribution < 1.29 is 33.8 Å². The minimum atomic E-state index is -1.22. The summed E-state index contributed by atoms with van der Waals surface area (Å²) >= 11 is 0. The van der Waals surface area contributed by atoms with Crippen molar-refractivity contribution in [1.29, 1.82) is 0 Å². The van der Waals surface area contributed by atoms with Crippen LogP contribution in [0, 0.1) is 5.92 Å². The monoisotopic (exact) mass is 289 g/mol. The van der Waals surface area contributed by atoms with Crippen molar-refractivity contribution in [3.05, 3.63) is 0 Å². The van der Waals surface area contributed by atoms with E-state index in [1.807, 2.05) is 21.1 Å². The molecule has 0 radical (unpaired) electrons. The molecule has 0 spiro atoms. The van der Waals surface area contributed by atoms with Crippen LogP contribution in [0.1, 0.15) is 26.2 Å². The number of hydrogen-bond acceptors (Lipinski definition) is 5. The smallest absolute Gasteiger partial charge is 0.307 e. The molecule has 0 bridgehead atoms. The highest BCUT2D eigenvalue weighted by molar-refractivity contribution is 5.72. The lowest BCUT2D eigenvalue weighted by Gasteiger charge is -2.28. The van der Waals surface area contributed by atoms with Gasteiger partial charge in [0.25, 0.3) is 0 Å². The molecule has 0 rings (SSSR count). The SMILES string of the molecule is CC(CC(=O)[O-])CC(=O)OC(CC(=O)O)C[N+](C)(C)C. The lowest BCUT2D eigenvalue weighted by Crippen LogP contribution is -2.44. The van der Waals surface area contributed by atoms with Gasteiger partial charge in [-0.25, -0.2) is 0 Å². The molecule has 0 aromatic carbocycles. The average Bonchev–Trinajstić information content (AvgIpc) is 2.09. The van der Waals surface area contributed by atoms with Crippen molar-refractivity contribution in [3.8, 4) is 0 Å². The van der Waals surface area contributed by atoms with E-state index in [-0.39, 0.29) is 19.3 Å². The molecule has 7 heteroatoms. The summed E-state index contributed by atoms with van der Waals surface area (Å²) in [6.07, 6.45) is -1.29. The average molecular weight is 289 g/mol. The van der Waals surface area contributed by atoms with Gasteiger partial charge < -0.3 is 24.2 Å². The van der Waals surface area contributed by atoms with E-state index in [4.69, 9.17) is 9.84 Å². The lowest BCUT2D eigenvalue weighted by molar-refractivity contribution is -0.873. The number of ether oxygens (including phenoxy) is 1. The molecule has 0 aliphatic rings. The van der Waals surface area contributed by atoms with Gasteiger partial charge in [0.05, 0.1) is 27.6 Å². The third-order valence-electron chi connectivity index (χ3n) is 2.48. The standard InChI is InChI=1S/C13H23NO6/c1-9(5-11(15)16)6-13(19)20-10(7-12(17)18)8-14(2,3)4/h9-10H,5-8H2,1-4H3,(H-,15,16,17,18). The predicted octanol–water partition coefficient (Wildman–Crippen LogP) is -0.755. The number of likely N-dealkylation sites (N-methyl/N-ethyl adjacent to an activating group) is 1. The molecule has 0 aromatic rings. The molecule has 0 heterocycles. The number of nitrogens with zero attached hydrogens (tertiary/aromatic N) is 1. The van der Waals surface area contributed by atoms with E-state index in [1.165, 1.54) is 0 Å². The zero-order chi connectivity index (χ0) is 15.9. The Bertz CT molecular complexity index is 360. The summed E-state index contributed by atoms with van der Waals surface area (Å²) in [7, 11) is 5.59. The summed E-state index contributed by atoms with van der Waals surface area (Å²) in [5.41, 5.74) is 0. The van der Waals surface area contributed by atoms with Gasteiger partial charge >= 0.3 is 11.9 Å². The van der Waals surface area contributed by atoms with Crippen LogP contribution in [0.2, 0.25) is 0 Å². The highest BCUT2D eigenvalue weighted by Gasteiger charge is 2.25. The van der Waals surface area contributed by atoms with E-state index in [0.29, 0.717) is 11.0 Å². The molecule has 0 aliphatic heterocycles. The number of carboxylic acid groups (broad SMARTS) is 2. The van der Waals surface area contributed by atoms with Crippen molar-refractivity contribution in [2.75, 3.05) is 27.7 Å². The molecule has 20 heavy (non-hydrogen) atoms. The Kier molecular flexibility index (Phi) is 7.20. The molecule has 2 atom stereocenters. The summed E-state index contributed by atoms with van der Waals surface area (Å²) in [6, 6.07) is 0. The Balaban J connectivity index is 4.45. The second-order valence-electron chi connectivity index (χ2n) is 6.07. The molecule has 0 amide bonds. The van der Waals surface area contributed by atoms with Gasteiger partial charge in [0.2, 0.25) is 0 Å². The maximum Gasteiger partial charge on any atom is 0.307 e. The number of carbonyl (C=O) groups is 3. The first kappa shape index (κ1) is 18.4. The van der Waals surface area contributed by atoms with E-state index in [1.54, 1.807) is 6.92 Å². The number of carboxylic acids is 2. The van der Waals surface area contributed by atoms with Crippen molar-refractivity contribution in [2.24, 2.45) is 5.92 Å². The molecule has 0 fully saturated rings. The Hall–Kier alpha value is -1.63. The summed E-state index contributed by atoms with van der Waals surface area (Å²) < 4.78 is 5.60. The van der Waals surface area contributed by atoms with Gasteiger partial charge in [-0.1, -0.05) is 6.92 Å². The predicted molar refractivity (Wildman–Crippen MR) is 68.4 cm³/mol. The maximum absolute atomic E-state index is 11.7. The molecular weight excluding hydrogens is 266 g/mol. The second kappa shape index (κ2) is 7.84. The number of quaternary nitrogens is 1. The van der Waals surface area contributed by atoms with Crippen molar-refractivity contribution in [3.63, 3.8) is 0 Å². The lowest BCUT2D eigenvalue weighted by atomic mass is 10.0. The quantitative estimate of drug-likeness (QED) is 0.442. The number of carbonyl (C=O) groups excluding carboxylic acids is 2. The van der Waals surface area contributed by atoms with Crippen LogP contribution in [-0.2, 0) is 19.1 Å². The van der Waals surface area contributed by atoms with Crippen molar-refractivity contribution >= 4 is 17.9 Å². The molecule has 7 nitrogen and oxygen atoms in total. The summed E-state index contributed by atoms with van der Waals surface area (Å²) in [6.45, 7) is 1.97. The molecule has 0 aliphatic carbocycles. The first-order valence-corrected chi connectivity index (χ1v) is 6.41. The second-order valence-corrected chi connectivity index (χ2v) is 6.07. The fourth-order valence-electron chi connectivity index (χ4n) is 1.82. The Morgan fingerprint density at radius 1 is 1.15 bits per heavy atom. The highest BCUT2D eigenvalue weighted by atomic mass is 16.5. The van der Waals surface area contributed by atoms with Gasteiger partial charge in [0.1, 0.15) is 6.54 Å². The first-order valence-electron chi connectivity index (χ1n) is 6.41. The normalized spacial score (nSPS) is 14.4. The van der Waals surface area contributed by atoms with Crippen LogP contribution in [0.15, 0.2) is 0 Å². The molecular formula is C13H23NO6. The molecule has 2 unspecified atom stereocenters. The van der Waals surface area contributed by atoms with Gasteiger partial charge in [0, 0.05) is 12.4 Å². The zero-order valence-corrected chi connectivity index (χ0v) is 12.4. The third-order valence-corrected chi connectivity index (χ3v) is 2.48. The third kappa shape index (κ3) is 10.3. The topological polar surface area (TPSA) is 104 Å². The van der Waals surface area contributed by atoms with Crippen molar-refractivity contribution in [2.45, 2.75) is 32.3 Å². The molecule has 0 saturated carbocycles. The van der Waals surface area contributed by atoms with Gasteiger partial charge in [-0.3, -0.25) is 9.59 Å². The highest BCUT2D eigenvalue weighted by Crippen LogP contribution is 2.11. The Morgan fingerprint density at radius 3 is 2.10 bits per heavy atom. The van der Waals surface area contributed by atoms with Crippen LogP contribution in [0.5, 0.6) is 0 Å². The van der Waals surface area contributed by atoms with Crippen LogP contribution in [0.3, 0.4) is 0 Å². The van der Waals surface area contributed by atoms with E-state index >= 15 is 0 Å². The van der Waals surface area contributed by atoms with Crippen LogP contribution in [0.25, 0.3) is 0 Å². The summed E-state index contributed by atoms with van der Waals surface area (Å²) in [4.78, 5) is 32.8. The van der Waals surface area contributed by atoms with Gasteiger partial charge in [-0.05, 0) is 12.3 Å². The van der Waals surface area contributed by atoms with E-state index in [0.717, 1.165) is 0 Å².